The van der Waals surface area contributed by atoms with Crippen LogP contribution in [0.2, 0.25) is 0 Å². The lowest BCUT2D eigenvalue weighted by Gasteiger charge is -2.35. The van der Waals surface area contributed by atoms with Crippen molar-refractivity contribution >= 4 is 11.8 Å². The number of fused-ring (bicyclic) bond motifs is 1. The van der Waals surface area contributed by atoms with Crippen LogP contribution < -0.4 is 10.2 Å². The highest BCUT2D eigenvalue weighted by Gasteiger charge is 2.34. The number of hydrazine groups is 1. The first-order valence-electron chi connectivity index (χ1n) is 10.3. The number of benzene rings is 2. The number of nitrogens with zero attached hydrogens (tertiary/aromatic N) is 1. The van der Waals surface area contributed by atoms with Crippen molar-refractivity contribution in [3.8, 4) is 5.75 Å². The average Bonchev–Trinajstić information content (AvgIpc) is 2.92. The van der Waals surface area contributed by atoms with E-state index < -0.39 is 5.54 Å². The molecule has 0 atom stereocenters. The summed E-state index contributed by atoms with van der Waals surface area (Å²) >= 11 is 0. The fourth-order valence-corrected chi connectivity index (χ4v) is 3.96. The number of nitrogens with one attached hydrogen (secondary N) is 1. The lowest BCUT2D eigenvalue weighted by molar-refractivity contribution is 0.0358. The zero-order chi connectivity index (χ0) is 22.4. The highest BCUT2D eigenvalue weighted by Crippen LogP contribution is 2.38. The highest BCUT2D eigenvalue weighted by atomic mass is 16.5. The lowest BCUT2D eigenvalue weighted by atomic mass is 9.98. The van der Waals surface area contributed by atoms with Crippen LogP contribution in [0.1, 0.15) is 77.6 Å². The standard InChI is InChI=1S/C25H32N2O3/c1-15-11-16(2)13-19(12-15)23(29)27(24(4,5)6)26-22(28)20-10-9-18-14-25(7,8)30-21(18)17(20)3/h9-13H,14H2,1-8H3,(H,26,28). The second-order valence-corrected chi connectivity index (χ2v) is 9.89. The molecule has 1 aliphatic heterocycles. The van der Waals surface area contributed by atoms with E-state index in [9.17, 15) is 9.59 Å². The summed E-state index contributed by atoms with van der Waals surface area (Å²) in [6.45, 7) is 15.6. The van der Waals surface area contributed by atoms with Crippen LogP contribution >= 0.6 is 0 Å². The normalized spacial score (nSPS) is 14.7. The molecular formula is C25H32N2O3. The summed E-state index contributed by atoms with van der Waals surface area (Å²) < 4.78 is 6.07. The number of amides is 2. The number of aryl methyl sites for hydroxylation is 2. The predicted molar refractivity (Wildman–Crippen MR) is 119 cm³/mol. The van der Waals surface area contributed by atoms with Gasteiger partial charge in [-0.05, 0) is 79.2 Å². The summed E-state index contributed by atoms with van der Waals surface area (Å²) in [5, 5.41) is 1.42. The van der Waals surface area contributed by atoms with Crippen molar-refractivity contribution in [1.82, 2.24) is 10.4 Å². The van der Waals surface area contributed by atoms with E-state index >= 15 is 0 Å². The van der Waals surface area contributed by atoms with E-state index in [1.54, 1.807) is 0 Å². The molecule has 0 aromatic heterocycles. The quantitative estimate of drug-likeness (QED) is 0.718. The van der Waals surface area contributed by atoms with E-state index in [1.807, 2.05) is 85.7 Å². The highest BCUT2D eigenvalue weighted by molar-refractivity contribution is 6.00. The molecule has 2 aromatic carbocycles. The molecule has 0 spiro atoms. The van der Waals surface area contributed by atoms with Crippen LogP contribution in [0.3, 0.4) is 0 Å². The summed E-state index contributed by atoms with van der Waals surface area (Å²) in [5.41, 5.74) is 6.95. The molecular weight excluding hydrogens is 376 g/mol. The molecule has 5 nitrogen and oxygen atoms in total. The maximum Gasteiger partial charge on any atom is 0.272 e. The van der Waals surface area contributed by atoms with E-state index in [1.165, 1.54) is 5.01 Å². The molecule has 160 valence electrons. The van der Waals surface area contributed by atoms with Gasteiger partial charge in [0.15, 0.2) is 0 Å². The van der Waals surface area contributed by atoms with Crippen molar-refractivity contribution in [3.63, 3.8) is 0 Å². The molecule has 0 fully saturated rings. The molecule has 2 amide bonds. The van der Waals surface area contributed by atoms with Crippen LogP contribution in [-0.2, 0) is 6.42 Å². The fourth-order valence-electron chi connectivity index (χ4n) is 3.96. The van der Waals surface area contributed by atoms with Gasteiger partial charge in [0.25, 0.3) is 11.8 Å². The Bertz CT molecular complexity index is 996. The Morgan fingerprint density at radius 2 is 1.63 bits per heavy atom. The first-order valence-corrected chi connectivity index (χ1v) is 10.3. The van der Waals surface area contributed by atoms with Gasteiger partial charge in [0.2, 0.25) is 0 Å². The van der Waals surface area contributed by atoms with Crippen LogP contribution in [0.15, 0.2) is 30.3 Å². The molecule has 30 heavy (non-hydrogen) atoms. The van der Waals surface area contributed by atoms with Gasteiger partial charge in [0.1, 0.15) is 11.4 Å². The predicted octanol–water partition coefficient (Wildman–Crippen LogP) is 4.91. The van der Waals surface area contributed by atoms with Crippen LogP contribution in [0.25, 0.3) is 0 Å². The molecule has 1 heterocycles. The smallest absolute Gasteiger partial charge is 0.272 e. The van der Waals surface area contributed by atoms with Crippen LogP contribution in [0.5, 0.6) is 5.75 Å². The second kappa shape index (κ2) is 7.46. The lowest BCUT2D eigenvalue weighted by Crippen LogP contribution is -2.56. The Morgan fingerprint density at radius 3 is 2.20 bits per heavy atom. The molecule has 5 heteroatoms. The topological polar surface area (TPSA) is 58.6 Å². The third-order valence-electron chi connectivity index (χ3n) is 5.28. The molecule has 0 saturated heterocycles. The van der Waals surface area contributed by atoms with Gasteiger partial charge in [0.05, 0.1) is 5.54 Å². The number of hydrogen-bond acceptors (Lipinski definition) is 3. The molecule has 3 rings (SSSR count). The zero-order valence-electron chi connectivity index (χ0n) is 19.3. The van der Waals surface area contributed by atoms with Gasteiger partial charge in [-0.15, -0.1) is 0 Å². The van der Waals surface area contributed by atoms with Gasteiger partial charge in [-0.1, -0.05) is 23.3 Å². The summed E-state index contributed by atoms with van der Waals surface area (Å²) in [7, 11) is 0. The van der Waals surface area contributed by atoms with E-state index in [0.29, 0.717) is 11.1 Å². The van der Waals surface area contributed by atoms with Crippen LogP contribution in [0, 0.1) is 20.8 Å². The number of ether oxygens (including phenoxy) is 1. The van der Waals surface area contributed by atoms with Crippen molar-refractivity contribution in [2.45, 2.75) is 73.0 Å². The monoisotopic (exact) mass is 408 g/mol. The molecule has 0 saturated carbocycles. The maximum atomic E-state index is 13.3. The minimum atomic E-state index is -0.604. The van der Waals surface area contributed by atoms with Gasteiger partial charge < -0.3 is 4.74 Å². The second-order valence-electron chi connectivity index (χ2n) is 9.89. The molecule has 0 bridgehead atoms. The summed E-state index contributed by atoms with van der Waals surface area (Å²) in [4.78, 5) is 26.5. The zero-order valence-corrected chi connectivity index (χ0v) is 19.3. The first-order chi connectivity index (χ1) is 13.8. The van der Waals surface area contributed by atoms with Crippen molar-refractivity contribution in [2.24, 2.45) is 0 Å². The van der Waals surface area contributed by atoms with Gasteiger partial charge in [0, 0.05) is 23.1 Å². The van der Waals surface area contributed by atoms with Gasteiger partial charge in [-0.2, -0.15) is 0 Å². The molecule has 0 unspecified atom stereocenters. The minimum absolute atomic E-state index is 0.237. The molecule has 0 aliphatic carbocycles. The summed E-state index contributed by atoms with van der Waals surface area (Å²) in [6.07, 6.45) is 0.810. The maximum absolute atomic E-state index is 13.3. The Kier molecular flexibility index (Phi) is 5.44. The third kappa shape index (κ3) is 4.35. The number of carbonyl (C=O) groups is 2. The average molecular weight is 409 g/mol. The molecule has 1 N–H and O–H groups in total. The van der Waals surface area contributed by atoms with Crippen molar-refractivity contribution in [1.29, 1.82) is 0 Å². The number of hydrogen-bond donors (Lipinski definition) is 1. The molecule has 2 aromatic rings. The van der Waals surface area contributed by atoms with E-state index in [-0.39, 0.29) is 17.4 Å². The Labute approximate surface area is 179 Å². The summed E-state index contributed by atoms with van der Waals surface area (Å²) in [5.74, 6) is 0.214. The first kappa shape index (κ1) is 21.9. The largest absolute Gasteiger partial charge is 0.487 e. The van der Waals surface area contributed by atoms with E-state index in [4.69, 9.17) is 4.74 Å². The van der Waals surface area contributed by atoms with Gasteiger partial charge >= 0.3 is 0 Å². The Balaban J connectivity index is 1.92. The van der Waals surface area contributed by atoms with Crippen molar-refractivity contribution in [3.05, 3.63) is 63.7 Å². The van der Waals surface area contributed by atoms with Crippen LogP contribution in [0.4, 0.5) is 0 Å². The van der Waals surface area contributed by atoms with Crippen molar-refractivity contribution < 1.29 is 14.3 Å². The van der Waals surface area contributed by atoms with Gasteiger partial charge in [-0.25, -0.2) is 5.01 Å². The van der Waals surface area contributed by atoms with Crippen LogP contribution in [-0.4, -0.2) is 28.0 Å². The minimum Gasteiger partial charge on any atom is -0.487 e. The third-order valence-corrected chi connectivity index (χ3v) is 5.28. The van der Waals surface area contributed by atoms with E-state index in [0.717, 1.165) is 34.4 Å². The SMILES string of the molecule is Cc1cc(C)cc(C(=O)N(NC(=O)c2ccc3c(c2C)OC(C)(C)C3)C(C)(C)C)c1. The van der Waals surface area contributed by atoms with E-state index in [2.05, 4.69) is 5.43 Å². The molecule has 0 radical (unpaired) electrons. The Morgan fingerprint density at radius 1 is 1.03 bits per heavy atom. The molecule has 1 aliphatic rings. The number of carbonyl (C=O) groups excluding carboxylic acids is 2. The Hall–Kier alpha value is -2.82. The number of rotatable bonds is 2. The summed E-state index contributed by atoms with van der Waals surface area (Å²) in [6, 6.07) is 9.47. The van der Waals surface area contributed by atoms with Gasteiger partial charge in [-0.3, -0.25) is 15.0 Å². The van der Waals surface area contributed by atoms with Crippen molar-refractivity contribution in [2.75, 3.05) is 0 Å². The fraction of sp³-hybridized carbons (Fsp3) is 0.440.